The van der Waals surface area contributed by atoms with Gasteiger partial charge in [-0.2, -0.15) is 0 Å². The van der Waals surface area contributed by atoms with Crippen molar-refractivity contribution in [1.29, 1.82) is 0 Å². The predicted octanol–water partition coefficient (Wildman–Crippen LogP) is 2.41. The lowest BCUT2D eigenvalue weighted by atomic mass is 10.3. The van der Waals surface area contributed by atoms with E-state index in [-0.39, 0.29) is 12.4 Å². The first-order valence-electron chi connectivity index (χ1n) is 6.16. The minimum atomic E-state index is -0.626. The molecule has 0 saturated carbocycles. The standard InChI is InChI=1S/C13H19BrFNO3/c1-2-18-5-6-19-9-11(17)8-16-13-4-3-10(15)7-12(13)14/h3-4,7,11,16-17H,2,5-6,8-9H2,1H3. The smallest absolute Gasteiger partial charge is 0.124 e. The van der Waals surface area contributed by atoms with E-state index in [1.807, 2.05) is 6.92 Å². The van der Waals surface area contributed by atoms with Crippen LogP contribution in [0.4, 0.5) is 10.1 Å². The maximum Gasteiger partial charge on any atom is 0.124 e. The van der Waals surface area contributed by atoms with Gasteiger partial charge < -0.3 is 19.9 Å². The van der Waals surface area contributed by atoms with Crippen LogP contribution < -0.4 is 5.32 Å². The minimum Gasteiger partial charge on any atom is -0.389 e. The van der Waals surface area contributed by atoms with Gasteiger partial charge >= 0.3 is 0 Å². The molecule has 1 atom stereocenters. The number of ether oxygens (including phenoxy) is 2. The topological polar surface area (TPSA) is 50.7 Å². The van der Waals surface area contributed by atoms with Crippen molar-refractivity contribution in [3.8, 4) is 0 Å². The number of hydrogen-bond donors (Lipinski definition) is 2. The third-order valence-electron chi connectivity index (χ3n) is 2.35. The number of halogens is 2. The first kappa shape index (κ1) is 16.4. The van der Waals surface area contributed by atoms with Crippen molar-refractivity contribution in [2.45, 2.75) is 13.0 Å². The molecule has 19 heavy (non-hydrogen) atoms. The first-order chi connectivity index (χ1) is 9.13. The van der Waals surface area contributed by atoms with Gasteiger partial charge in [0, 0.05) is 23.3 Å². The van der Waals surface area contributed by atoms with Crippen molar-refractivity contribution < 1.29 is 19.0 Å². The number of benzene rings is 1. The summed E-state index contributed by atoms with van der Waals surface area (Å²) < 4.78 is 23.9. The Bertz CT molecular complexity index is 379. The summed E-state index contributed by atoms with van der Waals surface area (Å²) >= 11 is 3.25. The van der Waals surface area contributed by atoms with Gasteiger partial charge in [-0.1, -0.05) is 0 Å². The van der Waals surface area contributed by atoms with E-state index < -0.39 is 6.10 Å². The molecule has 1 unspecified atom stereocenters. The van der Waals surface area contributed by atoms with Crippen LogP contribution in [0.1, 0.15) is 6.92 Å². The summed E-state index contributed by atoms with van der Waals surface area (Å²) in [5.74, 6) is -0.308. The number of rotatable bonds is 9. The second-order valence-corrected chi connectivity index (χ2v) is 4.79. The summed E-state index contributed by atoms with van der Waals surface area (Å²) in [6.07, 6.45) is -0.626. The van der Waals surface area contributed by atoms with Crippen LogP contribution in [0.3, 0.4) is 0 Å². The summed E-state index contributed by atoms with van der Waals surface area (Å²) in [5.41, 5.74) is 0.731. The lowest BCUT2D eigenvalue weighted by molar-refractivity contribution is 0.0103. The Kier molecular flexibility index (Phi) is 7.97. The zero-order valence-electron chi connectivity index (χ0n) is 10.9. The van der Waals surface area contributed by atoms with Gasteiger partial charge in [-0.15, -0.1) is 0 Å². The third-order valence-corrected chi connectivity index (χ3v) is 3.00. The summed E-state index contributed by atoms with van der Waals surface area (Å²) in [4.78, 5) is 0. The normalized spacial score (nSPS) is 12.4. The van der Waals surface area contributed by atoms with E-state index in [2.05, 4.69) is 21.2 Å². The fourth-order valence-corrected chi connectivity index (χ4v) is 1.89. The zero-order chi connectivity index (χ0) is 14.1. The van der Waals surface area contributed by atoms with Crippen molar-refractivity contribution in [2.75, 3.05) is 38.3 Å². The monoisotopic (exact) mass is 335 g/mol. The summed E-state index contributed by atoms with van der Waals surface area (Å²) in [6, 6.07) is 4.34. The van der Waals surface area contributed by atoms with E-state index in [4.69, 9.17) is 9.47 Å². The molecule has 0 fully saturated rings. The van der Waals surface area contributed by atoms with Gasteiger partial charge in [0.2, 0.25) is 0 Å². The average Bonchev–Trinajstić information content (AvgIpc) is 2.37. The van der Waals surface area contributed by atoms with Crippen LogP contribution in [0.15, 0.2) is 22.7 Å². The molecule has 2 N–H and O–H groups in total. The quantitative estimate of drug-likeness (QED) is 0.680. The molecule has 0 aliphatic rings. The zero-order valence-corrected chi connectivity index (χ0v) is 12.5. The Labute approximate surface area is 121 Å². The second-order valence-electron chi connectivity index (χ2n) is 3.93. The van der Waals surface area contributed by atoms with Crippen LogP contribution >= 0.6 is 15.9 Å². The molecule has 0 radical (unpaired) electrons. The molecule has 0 amide bonds. The number of hydrogen-bond acceptors (Lipinski definition) is 4. The molecule has 0 spiro atoms. The summed E-state index contributed by atoms with van der Waals surface area (Å²) in [6.45, 7) is 4.13. The SMILES string of the molecule is CCOCCOCC(O)CNc1ccc(F)cc1Br. The van der Waals surface area contributed by atoms with Gasteiger partial charge in [0.05, 0.1) is 25.9 Å². The van der Waals surface area contributed by atoms with Crippen LogP contribution in [0, 0.1) is 5.82 Å². The molecule has 4 nitrogen and oxygen atoms in total. The fraction of sp³-hybridized carbons (Fsp3) is 0.538. The first-order valence-corrected chi connectivity index (χ1v) is 6.95. The van der Waals surface area contributed by atoms with Crippen LogP contribution in [-0.2, 0) is 9.47 Å². The average molecular weight is 336 g/mol. The Morgan fingerprint density at radius 1 is 1.37 bits per heavy atom. The van der Waals surface area contributed by atoms with Crippen molar-refractivity contribution in [3.63, 3.8) is 0 Å². The number of nitrogens with one attached hydrogen (secondary N) is 1. The lowest BCUT2D eigenvalue weighted by Gasteiger charge is -2.14. The van der Waals surface area contributed by atoms with Crippen LogP contribution in [0.25, 0.3) is 0 Å². The Hall–Kier alpha value is -0.690. The number of aliphatic hydroxyl groups excluding tert-OH is 1. The van der Waals surface area contributed by atoms with Crippen molar-refractivity contribution in [1.82, 2.24) is 0 Å². The van der Waals surface area contributed by atoms with Gasteiger partial charge in [-0.3, -0.25) is 0 Å². The minimum absolute atomic E-state index is 0.235. The molecule has 0 aromatic heterocycles. The van der Waals surface area contributed by atoms with E-state index in [1.165, 1.54) is 12.1 Å². The maximum atomic E-state index is 12.9. The second kappa shape index (κ2) is 9.25. The molecule has 0 saturated heterocycles. The Morgan fingerprint density at radius 3 is 2.79 bits per heavy atom. The van der Waals surface area contributed by atoms with E-state index in [0.717, 1.165) is 5.69 Å². The highest BCUT2D eigenvalue weighted by atomic mass is 79.9. The highest BCUT2D eigenvalue weighted by Crippen LogP contribution is 2.22. The lowest BCUT2D eigenvalue weighted by Crippen LogP contribution is -2.25. The predicted molar refractivity (Wildman–Crippen MR) is 75.9 cm³/mol. The molecular weight excluding hydrogens is 317 g/mol. The van der Waals surface area contributed by atoms with Crippen molar-refractivity contribution in [3.05, 3.63) is 28.5 Å². The van der Waals surface area contributed by atoms with Gasteiger partial charge in [-0.25, -0.2) is 4.39 Å². The molecule has 1 rings (SSSR count). The maximum absolute atomic E-state index is 12.9. The number of anilines is 1. The van der Waals surface area contributed by atoms with Gasteiger partial charge in [0.25, 0.3) is 0 Å². The van der Waals surface area contributed by atoms with Crippen LogP contribution in [0.5, 0.6) is 0 Å². The number of aliphatic hydroxyl groups is 1. The van der Waals surface area contributed by atoms with Crippen LogP contribution in [-0.4, -0.2) is 44.2 Å². The van der Waals surface area contributed by atoms with E-state index in [1.54, 1.807) is 6.07 Å². The fourth-order valence-electron chi connectivity index (χ4n) is 1.40. The molecule has 108 valence electrons. The highest BCUT2D eigenvalue weighted by Gasteiger charge is 2.06. The summed E-state index contributed by atoms with van der Waals surface area (Å²) in [5, 5.41) is 12.7. The van der Waals surface area contributed by atoms with Gasteiger partial charge in [0.1, 0.15) is 5.82 Å². The summed E-state index contributed by atoms with van der Waals surface area (Å²) in [7, 11) is 0. The molecule has 0 aliphatic heterocycles. The molecular formula is C13H19BrFNO3. The van der Waals surface area contributed by atoms with Crippen LogP contribution in [0.2, 0.25) is 0 Å². The van der Waals surface area contributed by atoms with E-state index in [0.29, 0.717) is 30.8 Å². The highest BCUT2D eigenvalue weighted by molar-refractivity contribution is 9.10. The van der Waals surface area contributed by atoms with Gasteiger partial charge in [0.15, 0.2) is 0 Å². The Balaban J connectivity index is 2.20. The molecule has 0 heterocycles. The Morgan fingerprint density at radius 2 is 2.11 bits per heavy atom. The molecule has 1 aromatic rings. The molecule has 0 aliphatic carbocycles. The van der Waals surface area contributed by atoms with Gasteiger partial charge in [-0.05, 0) is 41.1 Å². The molecule has 6 heteroatoms. The third kappa shape index (κ3) is 6.87. The van der Waals surface area contributed by atoms with Crippen molar-refractivity contribution in [2.24, 2.45) is 0 Å². The molecule has 1 aromatic carbocycles. The molecule has 0 bridgehead atoms. The van der Waals surface area contributed by atoms with E-state index >= 15 is 0 Å². The van der Waals surface area contributed by atoms with E-state index in [9.17, 15) is 9.50 Å². The van der Waals surface area contributed by atoms with Crippen molar-refractivity contribution >= 4 is 21.6 Å². The largest absolute Gasteiger partial charge is 0.389 e.